The van der Waals surface area contributed by atoms with Crippen LogP contribution in [0.25, 0.3) is 0 Å². The fourth-order valence-electron chi connectivity index (χ4n) is 4.84. The third-order valence-corrected chi connectivity index (χ3v) is 6.70. The van der Waals surface area contributed by atoms with Crippen LogP contribution in [0.3, 0.4) is 0 Å². The van der Waals surface area contributed by atoms with E-state index < -0.39 is 5.54 Å². The molecule has 0 aliphatic heterocycles. The average molecular weight is 471 g/mol. The van der Waals surface area contributed by atoms with Crippen LogP contribution in [0.1, 0.15) is 36.5 Å². The fourth-order valence-corrected chi connectivity index (χ4v) is 4.84. The summed E-state index contributed by atoms with van der Waals surface area (Å²) in [4.78, 5) is 9.25. The number of benzene rings is 3. The molecule has 1 aromatic heterocycles. The SMILES string of the molecule is CCCCN(c1nccn1C)C(Cc1ccc(N(C)C)cc1)(c1ccccc1)c1cccc(F)c1. The molecule has 0 spiro atoms. The predicted molar refractivity (Wildman–Crippen MR) is 144 cm³/mol. The largest absolute Gasteiger partial charge is 0.378 e. The van der Waals surface area contributed by atoms with E-state index in [-0.39, 0.29) is 5.82 Å². The number of hydrogen-bond acceptors (Lipinski definition) is 3. The van der Waals surface area contributed by atoms with E-state index in [9.17, 15) is 4.39 Å². The van der Waals surface area contributed by atoms with Gasteiger partial charge < -0.3 is 14.4 Å². The second-order valence-corrected chi connectivity index (χ2v) is 9.32. The van der Waals surface area contributed by atoms with Crippen molar-refractivity contribution >= 4 is 11.6 Å². The second-order valence-electron chi connectivity index (χ2n) is 9.32. The summed E-state index contributed by atoms with van der Waals surface area (Å²) in [5, 5.41) is 0. The lowest BCUT2D eigenvalue weighted by Gasteiger charge is -2.46. The Kier molecular flexibility index (Phi) is 7.54. The molecule has 0 saturated heterocycles. The van der Waals surface area contributed by atoms with Crippen molar-refractivity contribution in [3.63, 3.8) is 0 Å². The first kappa shape index (κ1) is 24.5. The highest BCUT2D eigenvalue weighted by molar-refractivity contribution is 5.54. The number of unbranched alkanes of at least 4 members (excludes halogenated alkanes) is 1. The molecule has 5 heteroatoms. The van der Waals surface area contributed by atoms with Crippen molar-refractivity contribution in [3.8, 4) is 0 Å². The van der Waals surface area contributed by atoms with E-state index in [1.165, 1.54) is 11.6 Å². The Hall–Kier alpha value is -3.60. The second kappa shape index (κ2) is 10.8. The molecule has 4 nitrogen and oxygen atoms in total. The minimum Gasteiger partial charge on any atom is -0.378 e. The molecule has 3 aromatic carbocycles. The molecule has 0 aliphatic rings. The van der Waals surface area contributed by atoms with E-state index >= 15 is 0 Å². The van der Waals surface area contributed by atoms with Gasteiger partial charge in [0.25, 0.3) is 0 Å². The van der Waals surface area contributed by atoms with E-state index in [1.807, 2.05) is 51.7 Å². The number of aromatic nitrogens is 2. The first-order chi connectivity index (χ1) is 17.0. The molecule has 0 amide bonds. The molecule has 4 aromatic rings. The normalized spacial score (nSPS) is 12.8. The van der Waals surface area contributed by atoms with Crippen molar-refractivity contribution in [3.05, 3.63) is 114 Å². The highest BCUT2D eigenvalue weighted by Gasteiger charge is 2.42. The van der Waals surface area contributed by atoms with Crippen molar-refractivity contribution in [1.29, 1.82) is 0 Å². The smallest absolute Gasteiger partial charge is 0.206 e. The summed E-state index contributed by atoms with van der Waals surface area (Å²) < 4.78 is 16.8. The lowest BCUT2D eigenvalue weighted by Crippen LogP contribution is -2.50. The summed E-state index contributed by atoms with van der Waals surface area (Å²) in [6.45, 7) is 2.99. The van der Waals surface area contributed by atoms with Gasteiger partial charge >= 0.3 is 0 Å². The highest BCUT2D eigenvalue weighted by atomic mass is 19.1. The van der Waals surface area contributed by atoms with Crippen LogP contribution in [0, 0.1) is 5.82 Å². The Labute approximate surface area is 208 Å². The van der Waals surface area contributed by atoms with E-state index in [2.05, 4.69) is 69.8 Å². The molecule has 1 heterocycles. The zero-order valence-electron chi connectivity index (χ0n) is 21.2. The topological polar surface area (TPSA) is 24.3 Å². The number of anilines is 2. The van der Waals surface area contributed by atoms with Gasteiger partial charge in [0.2, 0.25) is 5.95 Å². The summed E-state index contributed by atoms with van der Waals surface area (Å²) in [5.41, 5.74) is 3.70. The zero-order valence-corrected chi connectivity index (χ0v) is 21.2. The molecule has 0 aliphatic carbocycles. The van der Waals surface area contributed by atoms with E-state index in [1.54, 1.807) is 6.07 Å². The van der Waals surface area contributed by atoms with Crippen molar-refractivity contribution in [2.45, 2.75) is 31.7 Å². The minimum atomic E-state index is -0.655. The number of nitrogens with zero attached hydrogens (tertiary/aromatic N) is 4. The summed E-state index contributed by atoms with van der Waals surface area (Å²) in [6, 6.07) is 26.2. The number of halogens is 1. The average Bonchev–Trinajstić information content (AvgIpc) is 3.29. The Morgan fingerprint density at radius 2 is 1.63 bits per heavy atom. The fraction of sp³-hybridized carbons (Fsp3) is 0.300. The standard InChI is InChI=1S/C30H35FN4/c1-5-6-20-35(29-32-19-21-34(29)4)30(25-11-8-7-9-12-25,26-13-10-14-27(31)22-26)23-24-15-17-28(18-16-24)33(2)3/h7-19,21-22H,5-6,20,23H2,1-4H3. The molecule has 0 bridgehead atoms. The Morgan fingerprint density at radius 3 is 2.23 bits per heavy atom. The predicted octanol–water partition coefficient (Wildman–Crippen LogP) is 6.42. The van der Waals surface area contributed by atoms with Gasteiger partial charge in [0.05, 0.1) is 5.54 Å². The monoisotopic (exact) mass is 470 g/mol. The van der Waals surface area contributed by atoms with Gasteiger partial charge in [-0.3, -0.25) is 0 Å². The number of hydrogen-bond donors (Lipinski definition) is 0. The van der Waals surface area contributed by atoms with Gasteiger partial charge in [-0.2, -0.15) is 0 Å². The molecular weight excluding hydrogens is 435 g/mol. The van der Waals surface area contributed by atoms with Crippen LogP contribution in [-0.4, -0.2) is 30.2 Å². The van der Waals surface area contributed by atoms with Gasteiger partial charge in [0.15, 0.2) is 0 Å². The quantitative estimate of drug-likeness (QED) is 0.267. The Balaban J connectivity index is 1.99. The van der Waals surface area contributed by atoms with Crippen LogP contribution in [0.5, 0.6) is 0 Å². The van der Waals surface area contributed by atoms with Gasteiger partial charge in [-0.1, -0.05) is 67.9 Å². The van der Waals surface area contributed by atoms with Crippen LogP contribution in [0.4, 0.5) is 16.0 Å². The first-order valence-electron chi connectivity index (χ1n) is 12.3. The molecular formula is C30H35FN4. The van der Waals surface area contributed by atoms with Crippen molar-refractivity contribution in [2.24, 2.45) is 7.05 Å². The maximum Gasteiger partial charge on any atom is 0.206 e. The summed E-state index contributed by atoms with van der Waals surface area (Å²) >= 11 is 0. The molecule has 4 rings (SSSR count). The van der Waals surface area contributed by atoms with Gasteiger partial charge in [-0.05, 0) is 47.4 Å². The van der Waals surface area contributed by atoms with Crippen molar-refractivity contribution in [1.82, 2.24) is 9.55 Å². The van der Waals surface area contributed by atoms with Gasteiger partial charge in [-0.25, -0.2) is 9.37 Å². The van der Waals surface area contributed by atoms with Crippen LogP contribution >= 0.6 is 0 Å². The highest BCUT2D eigenvalue weighted by Crippen LogP contribution is 2.42. The molecule has 0 N–H and O–H groups in total. The maximum absolute atomic E-state index is 14.8. The third-order valence-electron chi connectivity index (χ3n) is 6.70. The Bertz CT molecular complexity index is 1220. The minimum absolute atomic E-state index is 0.235. The van der Waals surface area contributed by atoms with E-state index in [0.29, 0.717) is 6.42 Å². The lowest BCUT2D eigenvalue weighted by atomic mass is 9.76. The van der Waals surface area contributed by atoms with Crippen LogP contribution < -0.4 is 9.80 Å². The van der Waals surface area contributed by atoms with Crippen LogP contribution in [0.2, 0.25) is 0 Å². The maximum atomic E-state index is 14.8. The van der Waals surface area contributed by atoms with E-state index in [4.69, 9.17) is 4.98 Å². The van der Waals surface area contributed by atoms with Crippen LogP contribution in [0.15, 0.2) is 91.3 Å². The Morgan fingerprint density at radius 1 is 0.914 bits per heavy atom. The lowest BCUT2D eigenvalue weighted by molar-refractivity contribution is 0.447. The van der Waals surface area contributed by atoms with Crippen molar-refractivity contribution < 1.29 is 4.39 Å². The summed E-state index contributed by atoms with van der Waals surface area (Å²) in [7, 11) is 6.11. The third kappa shape index (κ3) is 5.09. The molecule has 0 radical (unpaired) electrons. The number of imidazole rings is 1. The molecule has 35 heavy (non-hydrogen) atoms. The van der Waals surface area contributed by atoms with E-state index in [0.717, 1.165) is 42.1 Å². The molecule has 1 unspecified atom stereocenters. The molecule has 1 atom stereocenters. The number of rotatable bonds is 10. The van der Waals surface area contributed by atoms with Crippen LogP contribution in [-0.2, 0) is 19.0 Å². The van der Waals surface area contributed by atoms with Crippen molar-refractivity contribution in [2.75, 3.05) is 30.4 Å². The van der Waals surface area contributed by atoms with Gasteiger partial charge in [-0.15, -0.1) is 0 Å². The van der Waals surface area contributed by atoms with Gasteiger partial charge in [0.1, 0.15) is 5.82 Å². The zero-order chi connectivity index (χ0) is 24.8. The molecule has 182 valence electrons. The van der Waals surface area contributed by atoms with Gasteiger partial charge in [0, 0.05) is 52.2 Å². The number of aryl methyl sites for hydroxylation is 1. The molecule has 0 fully saturated rings. The summed E-state index contributed by atoms with van der Waals surface area (Å²) in [5.74, 6) is 0.637. The first-order valence-corrected chi connectivity index (χ1v) is 12.3. The molecule has 0 saturated carbocycles. The summed E-state index contributed by atoms with van der Waals surface area (Å²) in [6.07, 6.45) is 6.52.